The number of oxime groups is 1. The second-order valence-corrected chi connectivity index (χ2v) is 15.3. The summed E-state index contributed by atoms with van der Waals surface area (Å²) in [6.45, 7) is 19.4. The summed E-state index contributed by atoms with van der Waals surface area (Å²) >= 11 is 0. The van der Waals surface area contributed by atoms with E-state index in [4.69, 9.17) is 14.3 Å². The predicted molar refractivity (Wildman–Crippen MR) is 234 cm³/mol. The molecule has 6 aromatic rings. The Balaban J connectivity index is 1.61. The number of ether oxygens (including phenoxy) is 2. The third kappa shape index (κ3) is 8.83. The van der Waals surface area contributed by atoms with Crippen molar-refractivity contribution in [3.8, 4) is 5.75 Å². The van der Waals surface area contributed by atoms with E-state index in [2.05, 4.69) is 79.0 Å². The summed E-state index contributed by atoms with van der Waals surface area (Å²) in [5.74, 6) is 1.40. The molecular formula is C50H56N2O5. The van der Waals surface area contributed by atoms with E-state index in [0.717, 1.165) is 97.5 Å². The number of fused-ring (bicyclic) bond motifs is 5. The number of aromatic nitrogens is 1. The smallest absolute Gasteiger partial charge is 0.332 e. The quantitative estimate of drug-likeness (QED) is 0.0245. The van der Waals surface area contributed by atoms with Gasteiger partial charge >= 0.3 is 5.97 Å². The van der Waals surface area contributed by atoms with Crippen molar-refractivity contribution in [2.45, 2.75) is 94.5 Å². The number of unbranched alkanes of at least 4 members (excludes halogenated alkanes) is 1. The lowest BCUT2D eigenvalue weighted by Crippen LogP contribution is -2.12. The summed E-state index contributed by atoms with van der Waals surface area (Å²) in [5.41, 5.74) is 9.59. The van der Waals surface area contributed by atoms with Gasteiger partial charge < -0.3 is 18.9 Å². The summed E-state index contributed by atoms with van der Waals surface area (Å²) in [6.07, 6.45) is 6.44. The van der Waals surface area contributed by atoms with E-state index in [9.17, 15) is 9.59 Å². The topological polar surface area (TPSA) is 79.1 Å². The number of carbonyl (C=O) groups excluding carboxylic acids is 2. The molecule has 1 heterocycles. The number of carbonyl (C=O) groups is 2. The van der Waals surface area contributed by atoms with Crippen molar-refractivity contribution >= 4 is 50.0 Å². The molecule has 0 amide bonds. The lowest BCUT2D eigenvalue weighted by atomic mass is 9.89. The van der Waals surface area contributed by atoms with E-state index in [1.54, 1.807) is 0 Å². The molecular weight excluding hydrogens is 709 g/mol. The zero-order valence-corrected chi connectivity index (χ0v) is 35.0. The van der Waals surface area contributed by atoms with Gasteiger partial charge in [0.15, 0.2) is 5.78 Å². The van der Waals surface area contributed by atoms with Crippen LogP contribution in [0, 0.1) is 33.6 Å². The molecule has 7 nitrogen and oxygen atoms in total. The van der Waals surface area contributed by atoms with Crippen molar-refractivity contribution in [1.29, 1.82) is 0 Å². The lowest BCUT2D eigenvalue weighted by molar-refractivity contribution is -0.140. The van der Waals surface area contributed by atoms with Crippen molar-refractivity contribution in [3.63, 3.8) is 0 Å². The molecule has 7 heteroatoms. The van der Waals surface area contributed by atoms with E-state index < -0.39 is 5.97 Å². The second kappa shape index (κ2) is 18.1. The number of hydrogen-bond donors (Lipinski definition) is 0. The molecule has 0 saturated heterocycles. The van der Waals surface area contributed by atoms with Crippen LogP contribution in [-0.2, 0) is 20.9 Å². The molecule has 296 valence electrons. The fraction of sp³-hybridized carbons (Fsp3) is 0.340. The maximum atomic E-state index is 14.8. The fourth-order valence-electron chi connectivity index (χ4n) is 8.09. The Labute approximate surface area is 337 Å². The largest absolute Gasteiger partial charge is 0.495 e. The molecule has 0 N–H and O–H groups in total. The van der Waals surface area contributed by atoms with E-state index in [1.807, 2.05) is 71.0 Å². The first-order valence-corrected chi connectivity index (χ1v) is 20.3. The Bertz CT molecular complexity index is 2500. The minimum absolute atomic E-state index is 0.0155. The molecule has 0 bridgehead atoms. The number of rotatable bonds is 16. The van der Waals surface area contributed by atoms with Gasteiger partial charge in [0.25, 0.3) is 0 Å². The minimum atomic E-state index is -0.524. The van der Waals surface area contributed by atoms with E-state index in [0.29, 0.717) is 41.7 Å². The van der Waals surface area contributed by atoms with E-state index in [-0.39, 0.29) is 5.78 Å². The molecule has 1 unspecified atom stereocenters. The summed E-state index contributed by atoms with van der Waals surface area (Å²) < 4.78 is 14.6. The highest BCUT2D eigenvalue weighted by molar-refractivity contribution is 6.27. The summed E-state index contributed by atoms with van der Waals surface area (Å²) in [7, 11) is 0. The molecule has 1 aromatic heterocycles. The van der Waals surface area contributed by atoms with Crippen LogP contribution in [0.3, 0.4) is 0 Å². The monoisotopic (exact) mass is 764 g/mol. The van der Waals surface area contributed by atoms with Crippen LogP contribution in [-0.4, -0.2) is 35.2 Å². The minimum Gasteiger partial charge on any atom is -0.495 e. The van der Waals surface area contributed by atoms with Crippen LogP contribution in [0.4, 0.5) is 0 Å². The molecule has 0 spiro atoms. The molecule has 5 aromatic carbocycles. The highest BCUT2D eigenvalue weighted by atomic mass is 16.7. The first-order valence-electron chi connectivity index (χ1n) is 20.3. The summed E-state index contributed by atoms with van der Waals surface area (Å²) in [4.78, 5) is 32.4. The van der Waals surface area contributed by atoms with Crippen molar-refractivity contribution in [2.75, 3.05) is 13.2 Å². The van der Waals surface area contributed by atoms with Gasteiger partial charge in [0.05, 0.1) is 11.3 Å². The van der Waals surface area contributed by atoms with Gasteiger partial charge in [0.1, 0.15) is 24.7 Å². The van der Waals surface area contributed by atoms with Gasteiger partial charge in [0, 0.05) is 57.4 Å². The van der Waals surface area contributed by atoms with Gasteiger partial charge in [-0.25, -0.2) is 4.79 Å². The van der Waals surface area contributed by atoms with Crippen molar-refractivity contribution in [3.05, 3.63) is 135 Å². The molecule has 0 radical (unpaired) electrons. The first kappa shape index (κ1) is 41.0. The number of nitrogens with zero attached hydrogens (tertiary/aromatic N) is 2. The Morgan fingerprint density at radius 3 is 2.21 bits per heavy atom. The van der Waals surface area contributed by atoms with Crippen molar-refractivity contribution in [1.82, 2.24) is 4.57 Å². The maximum absolute atomic E-state index is 14.8. The number of allylic oxidation sites excluding steroid dienone is 2. The predicted octanol–water partition coefficient (Wildman–Crippen LogP) is 12.3. The van der Waals surface area contributed by atoms with Crippen LogP contribution in [0.2, 0.25) is 0 Å². The van der Waals surface area contributed by atoms with Gasteiger partial charge in [-0.2, -0.15) is 0 Å². The van der Waals surface area contributed by atoms with Crippen LogP contribution in [0.15, 0.2) is 95.9 Å². The lowest BCUT2D eigenvalue weighted by Gasteiger charge is -2.19. The third-order valence-electron chi connectivity index (χ3n) is 11.0. The molecule has 0 saturated carbocycles. The van der Waals surface area contributed by atoms with Gasteiger partial charge in [-0.1, -0.05) is 98.4 Å². The molecule has 1 atom stereocenters. The highest BCUT2D eigenvalue weighted by Gasteiger charge is 2.24. The fourth-order valence-corrected chi connectivity index (χ4v) is 8.09. The van der Waals surface area contributed by atoms with Gasteiger partial charge in [-0.05, 0) is 106 Å². The third-order valence-corrected chi connectivity index (χ3v) is 11.0. The zero-order valence-electron chi connectivity index (χ0n) is 35.0. The van der Waals surface area contributed by atoms with E-state index >= 15 is 0 Å². The van der Waals surface area contributed by atoms with Crippen LogP contribution in [0.1, 0.15) is 110 Å². The molecule has 0 fully saturated rings. The number of ketones is 1. The van der Waals surface area contributed by atoms with Gasteiger partial charge in [-0.15, -0.1) is 0 Å². The van der Waals surface area contributed by atoms with Crippen molar-refractivity contribution < 1.29 is 23.9 Å². The normalized spacial score (nSPS) is 12.7. The first-order chi connectivity index (χ1) is 27.4. The standard InChI is InChI=1S/C50H56N2O5/c1-10-13-16-37(12-3)30-52-45-22-20-38(48(51-57-36(9)53)41-21-19-31(4)27-46(41)56-24-23-55-35(8)11-2)28-42(45)43-29-44(39-17-14-15-18-40(39)49(43)52)50(54)47-33(6)25-32(5)26-34(47)7/h11,14-15,17-22,25-29,37H,10,12-13,16,23-24,30H2,1-9H3/b35-11-,51-48+. The average molecular weight is 765 g/mol. The Morgan fingerprint density at radius 1 is 0.789 bits per heavy atom. The highest BCUT2D eigenvalue weighted by Crippen LogP contribution is 2.39. The molecule has 57 heavy (non-hydrogen) atoms. The molecule has 0 aliphatic rings. The Kier molecular flexibility index (Phi) is 13.0. The maximum Gasteiger partial charge on any atom is 0.332 e. The number of aryl methyl sites for hydroxylation is 4. The van der Waals surface area contributed by atoms with Crippen LogP contribution < -0.4 is 4.74 Å². The molecule has 0 aliphatic carbocycles. The Hall–Kier alpha value is -5.69. The average Bonchev–Trinajstić information content (AvgIpc) is 3.50. The zero-order chi connectivity index (χ0) is 40.8. The molecule has 6 rings (SSSR count). The van der Waals surface area contributed by atoms with Crippen LogP contribution in [0.25, 0.3) is 32.6 Å². The van der Waals surface area contributed by atoms with Gasteiger partial charge in [-0.3, -0.25) is 4.79 Å². The summed E-state index contributed by atoms with van der Waals surface area (Å²) in [5, 5.41) is 8.42. The summed E-state index contributed by atoms with van der Waals surface area (Å²) in [6, 6.07) is 26.8. The van der Waals surface area contributed by atoms with Crippen LogP contribution >= 0.6 is 0 Å². The molecule has 0 aliphatic heterocycles. The Morgan fingerprint density at radius 2 is 1.53 bits per heavy atom. The van der Waals surface area contributed by atoms with Crippen LogP contribution in [0.5, 0.6) is 5.75 Å². The number of benzene rings is 5. The van der Waals surface area contributed by atoms with Crippen molar-refractivity contribution in [2.24, 2.45) is 11.1 Å². The van der Waals surface area contributed by atoms with Gasteiger partial charge in [0.2, 0.25) is 0 Å². The SMILES string of the molecule is C/C=C(/C)OCCOc1cc(C)ccc1/C(=N/OC(C)=O)c1ccc2c(c1)c1cc(C(=O)c3c(C)cc(C)cc3C)c3ccccc3c1n2CC(CC)CCCC. The number of hydrogen-bond acceptors (Lipinski definition) is 6. The van der Waals surface area contributed by atoms with E-state index in [1.165, 1.54) is 13.3 Å². The second-order valence-electron chi connectivity index (χ2n) is 15.3.